The second kappa shape index (κ2) is 11.2. The van der Waals surface area contributed by atoms with Crippen LogP contribution >= 0.6 is 23.4 Å². The van der Waals surface area contributed by atoms with E-state index in [0.29, 0.717) is 24.7 Å². The first-order valence-electron chi connectivity index (χ1n) is 10.1. The minimum atomic E-state index is 0.250. The Morgan fingerprint density at radius 1 is 1.06 bits per heavy atom. The Balaban J connectivity index is 2.01. The van der Waals surface area contributed by atoms with Crippen LogP contribution in [0.15, 0.2) is 76.6 Å². The maximum absolute atomic E-state index is 9.91. The van der Waals surface area contributed by atoms with Crippen molar-refractivity contribution in [3.8, 4) is 5.75 Å². The van der Waals surface area contributed by atoms with Gasteiger partial charge in [0.1, 0.15) is 5.75 Å². The molecule has 0 aliphatic heterocycles. The Labute approximate surface area is 193 Å². The van der Waals surface area contributed by atoms with E-state index >= 15 is 0 Å². The molecular formula is C25H27ClN2O2S. The summed E-state index contributed by atoms with van der Waals surface area (Å²) in [5.41, 5.74) is 4.22. The van der Waals surface area contributed by atoms with Crippen LogP contribution in [0, 0.1) is 13.8 Å². The van der Waals surface area contributed by atoms with Gasteiger partial charge in [0.2, 0.25) is 0 Å². The summed E-state index contributed by atoms with van der Waals surface area (Å²) in [6.45, 7) is 6.01. The predicted molar refractivity (Wildman–Crippen MR) is 131 cm³/mol. The van der Waals surface area contributed by atoms with Crippen LogP contribution in [0.4, 0.5) is 5.69 Å². The van der Waals surface area contributed by atoms with Crippen molar-refractivity contribution in [1.29, 1.82) is 0 Å². The van der Waals surface area contributed by atoms with Gasteiger partial charge in [-0.3, -0.25) is 0 Å². The van der Waals surface area contributed by atoms with Gasteiger partial charge in [0.15, 0.2) is 5.17 Å². The average Bonchev–Trinajstić information content (AvgIpc) is 2.72. The van der Waals surface area contributed by atoms with E-state index in [-0.39, 0.29) is 5.75 Å². The number of aliphatic imine (C=N–C) groups is 1. The molecule has 0 spiro atoms. The first-order chi connectivity index (χ1) is 14.9. The standard InChI is InChI=1S/C25H27ClN2O2S/c1-18-10-11-24(19(2)14-18)31-25(27-22-8-5-7-21(26)16-22)28(12-13-30-3)17-20-6-4-9-23(29)15-20/h4-11,14-16,29H,12-13,17H2,1-3H3. The average molecular weight is 455 g/mol. The molecular weight excluding hydrogens is 428 g/mol. The summed E-state index contributed by atoms with van der Waals surface area (Å²) < 4.78 is 5.37. The van der Waals surface area contributed by atoms with E-state index in [1.165, 1.54) is 11.1 Å². The number of phenolic OH excluding ortho intramolecular Hbond substituents is 1. The van der Waals surface area contributed by atoms with E-state index in [4.69, 9.17) is 21.3 Å². The second-order valence-corrected chi connectivity index (χ2v) is 8.78. The topological polar surface area (TPSA) is 45.1 Å². The highest BCUT2D eigenvalue weighted by molar-refractivity contribution is 8.13. The van der Waals surface area contributed by atoms with Crippen LogP contribution in [-0.2, 0) is 11.3 Å². The summed E-state index contributed by atoms with van der Waals surface area (Å²) >= 11 is 7.83. The molecule has 3 aromatic carbocycles. The number of benzene rings is 3. The Hall–Kier alpha value is -2.47. The fraction of sp³-hybridized carbons (Fsp3) is 0.240. The van der Waals surface area contributed by atoms with Crippen LogP contribution in [0.5, 0.6) is 5.75 Å². The van der Waals surface area contributed by atoms with Gasteiger partial charge < -0.3 is 14.7 Å². The summed E-state index contributed by atoms with van der Waals surface area (Å²) in [5, 5.41) is 11.4. The maximum atomic E-state index is 9.91. The zero-order valence-corrected chi connectivity index (χ0v) is 19.6. The third kappa shape index (κ3) is 7.03. The van der Waals surface area contributed by atoms with E-state index < -0.39 is 0 Å². The highest BCUT2D eigenvalue weighted by Gasteiger charge is 2.16. The van der Waals surface area contributed by atoms with Gasteiger partial charge in [0.25, 0.3) is 0 Å². The molecule has 0 atom stereocenters. The zero-order chi connectivity index (χ0) is 22.2. The molecule has 0 saturated heterocycles. The van der Waals surface area contributed by atoms with Crippen molar-refractivity contribution in [2.24, 2.45) is 4.99 Å². The second-order valence-electron chi connectivity index (χ2n) is 7.33. The normalized spacial score (nSPS) is 11.5. The number of hydrogen-bond acceptors (Lipinski definition) is 4. The molecule has 0 aromatic heterocycles. The van der Waals surface area contributed by atoms with Gasteiger partial charge in [-0.25, -0.2) is 4.99 Å². The van der Waals surface area contributed by atoms with Gasteiger partial charge >= 0.3 is 0 Å². The van der Waals surface area contributed by atoms with E-state index in [1.54, 1.807) is 31.0 Å². The lowest BCUT2D eigenvalue weighted by molar-refractivity contribution is 0.175. The molecule has 3 aromatic rings. The molecule has 0 unspecified atom stereocenters. The molecule has 0 aliphatic carbocycles. The number of rotatable bonds is 7. The number of nitrogens with zero attached hydrogens (tertiary/aromatic N) is 2. The molecule has 4 nitrogen and oxygen atoms in total. The van der Waals surface area contributed by atoms with E-state index in [2.05, 4.69) is 36.9 Å². The molecule has 162 valence electrons. The number of amidine groups is 1. The summed E-state index contributed by atoms with van der Waals surface area (Å²) in [6.07, 6.45) is 0. The quantitative estimate of drug-likeness (QED) is 0.248. The summed E-state index contributed by atoms with van der Waals surface area (Å²) in [7, 11) is 1.69. The maximum Gasteiger partial charge on any atom is 0.169 e. The Kier molecular flexibility index (Phi) is 8.41. The Morgan fingerprint density at radius 2 is 1.87 bits per heavy atom. The van der Waals surface area contributed by atoms with Crippen LogP contribution in [0.1, 0.15) is 16.7 Å². The fourth-order valence-corrected chi connectivity index (χ4v) is 4.32. The number of aryl methyl sites for hydroxylation is 2. The summed E-state index contributed by atoms with van der Waals surface area (Å²) in [6, 6.07) is 21.3. The number of hydrogen-bond donors (Lipinski definition) is 1. The molecule has 0 bridgehead atoms. The molecule has 0 amide bonds. The number of methoxy groups -OCH3 is 1. The molecule has 1 N–H and O–H groups in total. The van der Waals surface area contributed by atoms with Gasteiger partial charge in [-0.15, -0.1) is 0 Å². The van der Waals surface area contributed by atoms with Gasteiger partial charge in [0, 0.05) is 30.1 Å². The zero-order valence-electron chi connectivity index (χ0n) is 18.0. The smallest absolute Gasteiger partial charge is 0.169 e. The Bertz CT molecular complexity index is 1060. The predicted octanol–water partition coefficient (Wildman–Crippen LogP) is 6.59. The van der Waals surface area contributed by atoms with Crippen LogP contribution in [-0.4, -0.2) is 35.4 Å². The van der Waals surface area contributed by atoms with Crippen molar-refractivity contribution in [2.75, 3.05) is 20.3 Å². The first-order valence-corrected chi connectivity index (χ1v) is 11.2. The lowest BCUT2D eigenvalue weighted by Gasteiger charge is -2.26. The van der Waals surface area contributed by atoms with Gasteiger partial charge in [-0.05, 0) is 61.4 Å². The lowest BCUT2D eigenvalue weighted by atomic mass is 10.2. The minimum Gasteiger partial charge on any atom is -0.508 e. The van der Waals surface area contributed by atoms with E-state index in [0.717, 1.165) is 21.3 Å². The van der Waals surface area contributed by atoms with Crippen LogP contribution in [0.3, 0.4) is 0 Å². The van der Waals surface area contributed by atoms with Gasteiger partial charge in [0.05, 0.1) is 12.3 Å². The van der Waals surface area contributed by atoms with E-state index in [1.807, 2.05) is 36.4 Å². The minimum absolute atomic E-state index is 0.250. The Morgan fingerprint density at radius 3 is 2.58 bits per heavy atom. The highest BCUT2D eigenvalue weighted by atomic mass is 35.5. The van der Waals surface area contributed by atoms with Crippen molar-refractivity contribution >= 4 is 34.2 Å². The van der Waals surface area contributed by atoms with Crippen molar-refractivity contribution in [3.63, 3.8) is 0 Å². The molecule has 0 radical (unpaired) electrons. The van der Waals surface area contributed by atoms with Crippen molar-refractivity contribution in [1.82, 2.24) is 4.90 Å². The number of phenols is 1. The monoisotopic (exact) mass is 454 g/mol. The van der Waals surface area contributed by atoms with Crippen molar-refractivity contribution < 1.29 is 9.84 Å². The van der Waals surface area contributed by atoms with Gasteiger partial charge in [-0.2, -0.15) is 0 Å². The molecule has 0 saturated carbocycles. The van der Waals surface area contributed by atoms with Crippen LogP contribution < -0.4 is 0 Å². The van der Waals surface area contributed by atoms with Crippen LogP contribution in [0.25, 0.3) is 0 Å². The summed E-state index contributed by atoms with van der Waals surface area (Å²) in [4.78, 5) is 8.27. The van der Waals surface area contributed by atoms with Crippen molar-refractivity contribution in [2.45, 2.75) is 25.3 Å². The molecule has 0 aliphatic rings. The first kappa shape index (κ1) is 23.2. The van der Waals surface area contributed by atoms with Crippen molar-refractivity contribution in [3.05, 3.63) is 88.4 Å². The number of ether oxygens (including phenoxy) is 1. The molecule has 0 heterocycles. The highest BCUT2D eigenvalue weighted by Crippen LogP contribution is 2.30. The number of aromatic hydroxyl groups is 1. The van der Waals surface area contributed by atoms with E-state index in [9.17, 15) is 5.11 Å². The fourth-order valence-electron chi connectivity index (χ4n) is 3.15. The molecule has 31 heavy (non-hydrogen) atoms. The largest absolute Gasteiger partial charge is 0.508 e. The third-order valence-electron chi connectivity index (χ3n) is 4.68. The molecule has 3 rings (SSSR count). The molecule has 0 fully saturated rings. The third-order valence-corrected chi connectivity index (χ3v) is 6.13. The number of halogens is 1. The molecule has 6 heteroatoms. The lowest BCUT2D eigenvalue weighted by Crippen LogP contribution is -2.31. The van der Waals surface area contributed by atoms with Gasteiger partial charge in [-0.1, -0.05) is 59.3 Å². The summed E-state index contributed by atoms with van der Waals surface area (Å²) in [5.74, 6) is 0.250. The SMILES string of the molecule is COCCN(Cc1cccc(O)c1)C(=Nc1cccc(Cl)c1)Sc1ccc(C)cc1C. The van der Waals surface area contributed by atoms with Crippen LogP contribution in [0.2, 0.25) is 5.02 Å². The number of thioether (sulfide) groups is 1.